The van der Waals surface area contributed by atoms with Gasteiger partial charge in [0.15, 0.2) is 12.6 Å². The molecular weight excluding hydrogens is 1080 g/mol. The smallest absolute Gasteiger partial charge is 0.388 e. The number of ketones is 1. The highest BCUT2D eigenvalue weighted by Gasteiger charge is 2.53. The Kier molecular flexibility index (Phi) is 41.5. The number of rotatable bonds is 50. The van der Waals surface area contributed by atoms with E-state index in [1.807, 2.05) is 0 Å². The summed E-state index contributed by atoms with van der Waals surface area (Å²) in [5.74, 6) is -1.64. The van der Waals surface area contributed by atoms with Gasteiger partial charge in [0.1, 0.15) is 54.5 Å². The molecule has 80 heavy (non-hydrogen) atoms. The van der Waals surface area contributed by atoms with Crippen LogP contribution in [0.1, 0.15) is 227 Å². The van der Waals surface area contributed by atoms with Gasteiger partial charge in [-0.3, -0.25) is 23.4 Å². The Labute approximate surface area is 479 Å². The zero-order valence-corrected chi connectivity index (χ0v) is 51.4. The molecule has 2 saturated heterocycles. The first-order chi connectivity index (χ1) is 38.4. The SMILES string of the molecule is CCCCCC/C=C\CCCCCCCCCC(=O)NC1[C@H](OC[C@H]2O[C@H](OP(=O)(O)O)[C@H](NC(=O)CC(=O)CC)[C@@H](OCCCCCCCCCC)[C@@H]2O)O[C@H](COC)[C@@H](OP(=O)(O)O)[C@@H]1OCC[C@@H](CCCCCCC)OC. The standard InChI is InChI=1S/C57H108N2O19P2/c1-7-11-14-17-19-21-22-23-24-25-26-27-28-31-34-37-48(61)58-51-55(73-40-38-45(71-6)36-33-30-16-13-9-3)53(77-79(64,65)66)47(42-70-5)76-56(51)74-43-46-52(63)54(72-39-35-32-29-20-18-15-12-8-2)50(57(75-46)78-80(67,68)69)59-49(62)41-44(60)10-4/h21-22,45-47,50-57,63H,7-20,23-43H2,1-6H3,(H,58,61)(H,59,62)(H2,64,65,66)(H2,67,68,69)/b22-21-/t45-,46-,47-,50-,51?,52-,53-,54-,55-,56-,57-/m1/s1. The number of methoxy groups -OCH3 is 2. The molecule has 2 heterocycles. The van der Waals surface area contributed by atoms with Crippen LogP contribution in [0.4, 0.5) is 0 Å². The number of amides is 2. The van der Waals surface area contributed by atoms with E-state index in [2.05, 4.69) is 43.6 Å². The van der Waals surface area contributed by atoms with Gasteiger partial charge in [-0.2, -0.15) is 0 Å². The van der Waals surface area contributed by atoms with Gasteiger partial charge in [-0.05, 0) is 51.4 Å². The van der Waals surface area contributed by atoms with Crippen LogP contribution in [0.15, 0.2) is 12.2 Å². The molecule has 2 fully saturated rings. The Morgan fingerprint density at radius 1 is 0.537 bits per heavy atom. The number of hydrogen-bond donors (Lipinski definition) is 7. The minimum Gasteiger partial charge on any atom is -0.388 e. The van der Waals surface area contributed by atoms with Crippen LogP contribution in [0.25, 0.3) is 0 Å². The summed E-state index contributed by atoms with van der Waals surface area (Å²) in [6.45, 7) is 7.29. The second-order valence-electron chi connectivity index (χ2n) is 21.6. The van der Waals surface area contributed by atoms with Crippen molar-refractivity contribution >= 4 is 33.2 Å². The number of nitrogens with one attached hydrogen (secondary N) is 2. The van der Waals surface area contributed by atoms with Crippen molar-refractivity contribution in [3.8, 4) is 0 Å². The van der Waals surface area contributed by atoms with Crippen LogP contribution in [-0.2, 0) is 65.7 Å². The molecular formula is C57H108N2O19P2. The van der Waals surface area contributed by atoms with Gasteiger partial charge in [0.25, 0.3) is 0 Å². The summed E-state index contributed by atoms with van der Waals surface area (Å²) < 4.78 is 78.4. The molecule has 2 aliphatic rings. The van der Waals surface area contributed by atoms with Gasteiger partial charge < -0.3 is 68.5 Å². The molecule has 2 amide bonds. The molecule has 23 heteroatoms. The summed E-state index contributed by atoms with van der Waals surface area (Å²) in [5.41, 5.74) is 0. The third-order valence-electron chi connectivity index (χ3n) is 14.7. The van der Waals surface area contributed by atoms with Crippen LogP contribution in [0.5, 0.6) is 0 Å². The number of ether oxygens (including phenoxy) is 7. The minimum absolute atomic E-state index is 0.00790. The number of aliphatic hydroxyl groups is 1. The topological polar surface area (TPSA) is 294 Å². The predicted octanol–water partition coefficient (Wildman–Crippen LogP) is 10.1. The number of allylic oxidation sites excluding steroid dienone is 2. The quantitative estimate of drug-likeness (QED) is 0.0129. The summed E-state index contributed by atoms with van der Waals surface area (Å²) >= 11 is 0. The van der Waals surface area contributed by atoms with Crippen molar-refractivity contribution in [1.29, 1.82) is 0 Å². The van der Waals surface area contributed by atoms with E-state index in [1.54, 1.807) is 14.0 Å². The highest BCUT2D eigenvalue weighted by atomic mass is 31.2. The van der Waals surface area contributed by atoms with Crippen LogP contribution < -0.4 is 10.6 Å². The van der Waals surface area contributed by atoms with E-state index in [-0.39, 0.29) is 38.8 Å². The minimum atomic E-state index is -5.37. The number of unbranched alkanes of at least 4 members (excludes halogenated alkanes) is 22. The molecule has 21 nitrogen and oxygen atoms in total. The lowest BCUT2D eigenvalue weighted by Crippen LogP contribution is -2.67. The Morgan fingerprint density at radius 2 is 1.04 bits per heavy atom. The van der Waals surface area contributed by atoms with E-state index in [0.717, 1.165) is 135 Å². The summed E-state index contributed by atoms with van der Waals surface area (Å²) in [7, 11) is -7.66. The van der Waals surface area contributed by atoms with Crippen LogP contribution in [0, 0.1) is 0 Å². The molecule has 0 aromatic rings. The van der Waals surface area contributed by atoms with Crippen molar-refractivity contribution in [3.05, 3.63) is 12.2 Å². The average Bonchev–Trinajstić information content (AvgIpc) is 3.40. The Morgan fingerprint density at radius 3 is 1.60 bits per heavy atom. The number of hydrogen-bond acceptors (Lipinski definition) is 15. The fourth-order valence-electron chi connectivity index (χ4n) is 10.1. The number of Topliss-reactive ketones (excluding diaryl/α,β-unsaturated/α-hetero) is 1. The van der Waals surface area contributed by atoms with Gasteiger partial charge in [0.2, 0.25) is 11.8 Å². The van der Waals surface area contributed by atoms with E-state index < -0.39 is 108 Å². The van der Waals surface area contributed by atoms with Gasteiger partial charge in [-0.15, -0.1) is 0 Å². The van der Waals surface area contributed by atoms with E-state index in [1.165, 1.54) is 32.8 Å². The second-order valence-corrected chi connectivity index (χ2v) is 24.0. The van der Waals surface area contributed by atoms with E-state index in [4.69, 9.17) is 42.2 Å². The maximum Gasteiger partial charge on any atom is 0.472 e. The van der Waals surface area contributed by atoms with E-state index in [9.17, 15) is 48.2 Å². The van der Waals surface area contributed by atoms with Gasteiger partial charge in [-0.1, -0.05) is 168 Å². The summed E-state index contributed by atoms with van der Waals surface area (Å²) in [4.78, 5) is 80.2. The molecule has 11 atom stereocenters. The Balaban J connectivity index is 2.44. The monoisotopic (exact) mass is 1190 g/mol. The Bertz CT molecular complexity index is 1740. The van der Waals surface area contributed by atoms with Gasteiger partial charge in [0.05, 0.1) is 25.7 Å². The van der Waals surface area contributed by atoms with Crippen molar-refractivity contribution in [2.24, 2.45) is 0 Å². The van der Waals surface area contributed by atoms with Crippen molar-refractivity contribution in [2.45, 2.75) is 294 Å². The molecule has 470 valence electrons. The average molecular weight is 1190 g/mol. The fraction of sp³-hybridized carbons (Fsp3) is 0.912. The van der Waals surface area contributed by atoms with Crippen molar-refractivity contribution in [1.82, 2.24) is 10.6 Å². The lowest BCUT2D eigenvalue weighted by atomic mass is 9.95. The lowest BCUT2D eigenvalue weighted by molar-refractivity contribution is -0.301. The molecule has 0 saturated carbocycles. The highest BCUT2D eigenvalue weighted by Crippen LogP contribution is 2.44. The molecule has 0 aliphatic carbocycles. The largest absolute Gasteiger partial charge is 0.472 e. The van der Waals surface area contributed by atoms with Crippen LogP contribution in [0.2, 0.25) is 0 Å². The molecule has 2 rings (SSSR count). The first-order valence-electron chi connectivity index (χ1n) is 30.5. The maximum atomic E-state index is 14.0. The third kappa shape index (κ3) is 33.7. The van der Waals surface area contributed by atoms with E-state index >= 15 is 0 Å². The lowest BCUT2D eigenvalue weighted by Gasteiger charge is -2.47. The predicted molar refractivity (Wildman–Crippen MR) is 305 cm³/mol. The third-order valence-corrected chi connectivity index (χ3v) is 15.7. The second kappa shape index (κ2) is 44.7. The fourth-order valence-corrected chi connectivity index (χ4v) is 11.1. The van der Waals surface area contributed by atoms with Crippen molar-refractivity contribution in [2.75, 3.05) is 40.6 Å². The summed E-state index contributed by atoms with van der Waals surface area (Å²) in [6, 6.07) is -2.83. The van der Waals surface area contributed by atoms with Gasteiger partial charge in [-0.25, -0.2) is 9.13 Å². The normalized spacial score (nSPS) is 24.1. The molecule has 7 N–H and O–H groups in total. The van der Waals surface area contributed by atoms with Gasteiger partial charge in [0, 0.05) is 40.3 Å². The zero-order valence-electron chi connectivity index (χ0n) is 49.6. The number of carbonyl (C=O) groups is 3. The summed E-state index contributed by atoms with van der Waals surface area (Å²) in [6.07, 6.45) is 20.0. The first kappa shape index (κ1) is 74.4. The number of phosphoric ester groups is 2. The van der Waals surface area contributed by atoms with Crippen LogP contribution >= 0.6 is 15.6 Å². The zero-order chi connectivity index (χ0) is 59.0. The molecule has 0 aromatic heterocycles. The van der Waals surface area contributed by atoms with Crippen molar-refractivity contribution < 1.29 is 90.4 Å². The molecule has 0 aromatic carbocycles. The molecule has 0 bridgehead atoms. The first-order valence-corrected chi connectivity index (χ1v) is 33.6. The number of aliphatic hydroxyl groups excluding tert-OH is 1. The molecule has 2 aliphatic heterocycles. The molecule has 1 unspecified atom stereocenters. The van der Waals surface area contributed by atoms with E-state index in [0.29, 0.717) is 19.3 Å². The molecule has 0 spiro atoms. The van der Waals surface area contributed by atoms with Gasteiger partial charge >= 0.3 is 15.6 Å². The highest BCUT2D eigenvalue weighted by molar-refractivity contribution is 7.46. The van der Waals surface area contributed by atoms with Crippen LogP contribution in [-0.4, -0.2) is 150 Å². The summed E-state index contributed by atoms with van der Waals surface area (Å²) in [5, 5.41) is 17.6. The van der Waals surface area contributed by atoms with Crippen molar-refractivity contribution in [3.63, 3.8) is 0 Å². The number of carbonyl (C=O) groups excluding carboxylic acids is 3. The van der Waals surface area contributed by atoms with Crippen LogP contribution in [0.3, 0.4) is 0 Å². The maximum absolute atomic E-state index is 14.0. The number of phosphoric acid groups is 2. The Hall–Kier alpha value is -1.75. The molecule has 0 radical (unpaired) electrons.